The van der Waals surface area contributed by atoms with Crippen LogP contribution in [0.4, 0.5) is 0 Å². The average Bonchev–Trinajstić information content (AvgIpc) is 3.25. The topological polar surface area (TPSA) is 61.4 Å². The Hall–Kier alpha value is -1.88. The minimum absolute atomic E-state index is 0.0154. The van der Waals surface area contributed by atoms with Gasteiger partial charge in [-0.15, -0.1) is 0 Å². The Morgan fingerprint density at radius 2 is 1.50 bits per heavy atom. The first-order chi connectivity index (χ1) is 14.6. The SMILES string of the molecule is O=C(NCCN1CCCC1)c1ccc(CNC(=O)C23CC4CC(CC(C4)C2)C3)cc1. The van der Waals surface area contributed by atoms with Crippen LogP contribution in [-0.2, 0) is 11.3 Å². The summed E-state index contributed by atoms with van der Waals surface area (Å²) in [5, 5.41) is 6.24. The maximum atomic E-state index is 13.1. The lowest BCUT2D eigenvalue weighted by Gasteiger charge is -2.55. The van der Waals surface area contributed by atoms with E-state index >= 15 is 0 Å². The largest absolute Gasteiger partial charge is 0.352 e. The molecule has 1 aromatic rings. The lowest BCUT2D eigenvalue weighted by atomic mass is 9.49. The smallest absolute Gasteiger partial charge is 0.251 e. The van der Waals surface area contributed by atoms with E-state index in [9.17, 15) is 9.59 Å². The summed E-state index contributed by atoms with van der Waals surface area (Å²) in [7, 11) is 0. The van der Waals surface area contributed by atoms with E-state index in [4.69, 9.17) is 0 Å². The van der Waals surface area contributed by atoms with Crippen molar-refractivity contribution in [3.8, 4) is 0 Å². The highest BCUT2D eigenvalue weighted by Gasteiger charge is 2.54. The first-order valence-electron chi connectivity index (χ1n) is 12.0. The van der Waals surface area contributed by atoms with Crippen molar-refractivity contribution in [1.29, 1.82) is 0 Å². The molecule has 5 aliphatic rings. The van der Waals surface area contributed by atoms with Crippen molar-refractivity contribution in [1.82, 2.24) is 15.5 Å². The Labute approximate surface area is 180 Å². The maximum Gasteiger partial charge on any atom is 0.251 e. The van der Waals surface area contributed by atoms with Gasteiger partial charge in [-0.1, -0.05) is 12.1 Å². The predicted molar refractivity (Wildman–Crippen MR) is 117 cm³/mol. The highest BCUT2D eigenvalue weighted by Crippen LogP contribution is 2.60. The molecule has 5 nitrogen and oxygen atoms in total. The molecule has 0 unspecified atom stereocenters. The van der Waals surface area contributed by atoms with E-state index in [-0.39, 0.29) is 17.2 Å². The molecule has 4 bridgehead atoms. The monoisotopic (exact) mass is 409 g/mol. The third-order valence-electron chi connectivity index (χ3n) is 8.10. The van der Waals surface area contributed by atoms with Gasteiger partial charge in [0.15, 0.2) is 0 Å². The number of carbonyl (C=O) groups excluding carboxylic acids is 2. The highest BCUT2D eigenvalue weighted by atomic mass is 16.2. The molecule has 5 heteroatoms. The van der Waals surface area contributed by atoms with E-state index in [0.29, 0.717) is 18.7 Å². The van der Waals surface area contributed by atoms with Crippen LogP contribution in [-0.4, -0.2) is 42.9 Å². The molecule has 6 rings (SSSR count). The standard InChI is InChI=1S/C25H35N3O2/c29-23(26-7-10-28-8-1-2-9-28)22-5-3-18(4-6-22)17-27-24(30)25-14-19-11-20(15-25)13-21(12-19)16-25/h3-6,19-21H,1-2,7-17H2,(H,26,29)(H,27,30). The first-order valence-corrected chi connectivity index (χ1v) is 12.0. The molecular weight excluding hydrogens is 374 g/mol. The van der Waals surface area contributed by atoms with Gasteiger partial charge in [-0.3, -0.25) is 9.59 Å². The molecular formula is C25H35N3O2. The summed E-state index contributed by atoms with van der Waals surface area (Å²) in [5.74, 6) is 2.60. The van der Waals surface area contributed by atoms with Gasteiger partial charge >= 0.3 is 0 Å². The Bertz CT molecular complexity index is 747. The van der Waals surface area contributed by atoms with Crippen LogP contribution in [0, 0.1) is 23.2 Å². The summed E-state index contributed by atoms with van der Waals surface area (Å²) < 4.78 is 0. The fourth-order valence-electron chi connectivity index (χ4n) is 6.97. The summed E-state index contributed by atoms with van der Waals surface area (Å²) in [5.41, 5.74) is 1.65. The molecule has 0 aromatic heterocycles. The van der Waals surface area contributed by atoms with Gasteiger partial charge in [-0.05, 0) is 99.9 Å². The summed E-state index contributed by atoms with van der Waals surface area (Å²) in [4.78, 5) is 27.8. The molecule has 0 spiro atoms. The average molecular weight is 410 g/mol. The molecule has 1 aliphatic heterocycles. The minimum Gasteiger partial charge on any atom is -0.352 e. The van der Waals surface area contributed by atoms with Gasteiger partial charge in [0.2, 0.25) is 5.91 Å². The van der Waals surface area contributed by atoms with Crippen LogP contribution in [0.2, 0.25) is 0 Å². The molecule has 2 N–H and O–H groups in total. The van der Waals surface area contributed by atoms with E-state index in [1.807, 2.05) is 24.3 Å². The molecule has 4 saturated carbocycles. The number of hydrogen-bond donors (Lipinski definition) is 2. The van der Waals surface area contributed by atoms with E-state index in [0.717, 1.165) is 62.2 Å². The number of nitrogens with one attached hydrogen (secondary N) is 2. The van der Waals surface area contributed by atoms with Crippen molar-refractivity contribution in [2.75, 3.05) is 26.2 Å². The third kappa shape index (κ3) is 4.14. The molecule has 5 fully saturated rings. The normalized spacial score (nSPS) is 32.3. The fraction of sp³-hybridized carbons (Fsp3) is 0.680. The van der Waals surface area contributed by atoms with Crippen LogP contribution in [0.3, 0.4) is 0 Å². The van der Waals surface area contributed by atoms with E-state index in [1.54, 1.807) is 0 Å². The summed E-state index contributed by atoms with van der Waals surface area (Å²) >= 11 is 0. The molecule has 1 heterocycles. The zero-order valence-electron chi connectivity index (χ0n) is 18.0. The molecule has 1 aromatic carbocycles. The van der Waals surface area contributed by atoms with Crippen LogP contribution in [0.1, 0.15) is 67.3 Å². The summed E-state index contributed by atoms with van der Waals surface area (Å²) in [6.07, 6.45) is 9.91. The molecule has 1 saturated heterocycles. The number of benzene rings is 1. The first kappa shape index (κ1) is 20.0. The lowest BCUT2D eigenvalue weighted by molar-refractivity contribution is -0.146. The van der Waals surface area contributed by atoms with E-state index < -0.39 is 0 Å². The molecule has 30 heavy (non-hydrogen) atoms. The second-order valence-corrected chi connectivity index (χ2v) is 10.4. The molecule has 0 radical (unpaired) electrons. The molecule has 162 valence electrons. The van der Waals surface area contributed by atoms with Gasteiger partial charge < -0.3 is 15.5 Å². The van der Waals surface area contributed by atoms with Gasteiger partial charge in [0.05, 0.1) is 0 Å². The van der Waals surface area contributed by atoms with Gasteiger partial charge in [0.25, 0.3) is 5.91 Å². The van der Waals surface area contributed by atoms with Crippen molar-refractivity contribution < 1.29 is 9.59 Å². The maximum absolute atomic E-state index is 13.1. The number of nitrogens with zero attached hydrogens (tertiary/aromatic N) is 1. The van der Waals surface area contributed by atoms with Gasteiger partial charge in [0.1, 0.15) is 0 Å². The van der Waals surface area contributed by atoms with Crippen LogP contribution >= 0.6 is 0 Å². The van der Waals surface area contributed by atoms with Crippen molar-refractivity contribution in [3.63, 3.8) is 0 Å². The van der Waals surface area contributed by atoms with Crippen molar-refractivity contribution in [2.45, 2.75) is 57.9 Å². The lowest BCUT2D eigenvalue weighted by Crippen LogP contribution is -2.53. The minimum atomic E-state index is -0.0933. The molecule has 0 atom stereocenters. The van der Waals surface area contributed by atoms with Gasteiger partial charge in [-0.25, -0.2) is 0 Å². The van der Waals surface area contributed by atoms with E-state index in [2.05, 4.69) is 15.5 Å². The number of likely N-dealkylation sites (tertiary alicyclic amines) is 1. The van der Waals surface area contributed by atoms with Crippen molar-refractivity contribution in [2.24, 2.45) is 23.2 Å². The predicted octanol–water partition coefficient (Wildman–Crippen LogP) is 3.34. The van der Waals surface area contributed by atoms with Crippen LogP contribution in [0.15, 0.2) is 24.3 Å². The van der Waals surface area contributed by atoms with Crippen LogP contribution in [0.5, 0.6) is 0 Å². The Kier molecular flexibility index (Phi) is 5.57. The fourth-order valence-corrected chi connectivity index (χ4v) is 6.97. The van der Waals surface area contributed by atoms with Crippen molar-refractivity contribution >= 4 is 11.8 Å². The Morgan fingerprint density at radius 3 is 2.10 bits per heavy atom. The third-order valence-corrected chi connectivity index (χ3v) is 8.10. The second kappa shape index (κ2) is 8.33. The van der Waals surface area contributed by atoms with Crippen LogP contribution < -0.4 is 10.6 Å². The summed E-state index contributed by atoms with van der Waals surface area (Å²) in [6.45, 7) is 4.48. The second-order valence-electron chi connectivity index (χ2n) is 10.4. The number of carbonyl (C=O) groups is 2. The number of hydrogen-bond acceptors (Lipinski definition) is 3. The molecule has 4 aliphatic carbocycles. The Balaban J connectivity index is 1.10. The van der Waals surface area contributed by atoms with Crippen molar-refractivity contribution in [3.05, 3.63) is 35.4 Å². The Morgan fingerprint density at radius 1 is 0.900 bits per heavy atom. The number of amides is 2. The summed E-state index contributed by atoms with van der Waals surface area (Å²) in [6, 6.07) is 7.68. The highest BCUT2D eigenvalue weighted by molar-refractivity contribution is 5.94. The van der Waals surface area contributed by atoms with Gasteiger partial charge in [-0.2, -0.15) is 0 Å². The zero-order chi connectivity index (χ0) is 20.6. The van der Waals surface area contributed by atoms with E-state index in [1.165, 1.54) is 32.1 Å². The van der Waals surface area contributed by atoms with Crippen LogP contribution in [0.25, 0.3) is 0 Å². The van der Waals surface area contributed by atoms with Gasteiger partial charge in [0, 0.05) is 30.6 Å². The molecule has 2 amide bonds. The zero-order valence-corrected chi connectivity index (χ0v) is 18.0. The number of rotatable bonds is 7. The quantitative estimate of drug-likeness (QED) is 0.726.